The first-order chi connectivity index (χ1) is 14.4. The minimum Gasteiger partial charge on any atom is -0.494 e. The van der Waals surface area contributed by atoms with E-state index in [9.17, 15) is 14.3 Å². The van der Waals surface area contributed by atoms with Crippen LogP contribution in [-0.2, 0) is 17.8 Å². The number of nitrogens with one attached hydrogen (secondary N) is 1. The second kappa shape index (κ2) is 8.41. The van der Waals surface area contributed by atoms with Crippen molar-refractivity contribution >= 4 is 40.4 Å². The van der Waals surface area contributed by atoms with Gasteiger partial charge in [0.1, 0.15) is 5.82 Å². The topological polar surface area (TPSA) is 78.2 Å². The zero-order valence-corrected chi connectivity index (χ0v) is 17.5. The molecule has 0 amide bonds. The average Bonchev–Trinajstić information content (AvgIpc) is 3.21. The van der Waals surface area contributed by atoms with Gasteiger partial charge >= 0.3 is 5.97 Å². The number of aromatic amines is 1. The molecule has 2 heterocycles. The monoisotopic (exact) mass is 442 g/mol. The van der Waals surface area contributed by atoms with Crippen molar-refractivity contribution in [3.05, 3.63) is 68.7 Å². The van der Waals surface area contributed by atoms with Crippen molar-refractivity contribution in [2.75, 3.05) is 0 Å². The van der Waals surface area contributed by atoms with E-state index < -0.39 is 5.97 Å². The van der Waals surface area contributed by atoms with E-state index in [2.05, 4.69) is 4.98 Å². The van der Waals surface area contributed by atoms with Crippen molar-refractivity contribution in [2.24, 2.45) is 0 Å². The van der Waals surface area contributed by atoms with Crippen molar-refractivity contribution in [3.63, 3.8) is 0 Å². The zero-order chi connectivity index (χ0) is 21.3. The van der Waals surface area contributed by atoms with Gasteiger partial charge < -0.3 is 15.2 Å². The van der Waals surface area contributed by atoms with E-state index in [1.165, 1.54) is 23.5 Å². The Morgan fingerprint density at radius 1 is 1.17 bits per heavy atom. The van der Waals surface area contributed by atoms with Crippen molar-refractivity contribution < 1.29 is 19.4 Å². The van der Waals surface area contributed by atoms with E-state index in [1.54, 1.807) is 16.7 Å². The molecule has 30 heavy (non-hydrogen) atoms. The van der Waals surface area contributed by atoms with E-state index in [0.717, 1.165) is 27.7 Å². The Morgan fingerprint density at radius 3 is 2.63 bits per heavy atom. The minimum absolute atomic E-state index is 0.0174. The van der Waals surface area contributed by atoms with Gasteiger partial charge in [-0.25, -0.2) is 4.39 Å². The zero-order valence-electron chi connectivity index (χ0n) is 15.9. The van der Waals surface area contributed by atoms with Crippen LogP contribution in [0.25, 0.3) is 22.2 Å². The Labute approximate surface area is 181 Å². The SMILES string of the molecule is O=C(O)CCCn1c(O)c(Cc2c(-c3ccc(F)cc3)[nH]c3ccccc23)sc1=S. The fourth-order valence-corrected chi connectivity index (χ4v) is 4.95. The van der Waals surface area contributed by atoms with Crippen LogP contribution in [0.3, 0.4) is 0 Å². The number of carbonyl (C=O) groups is 1. The van der Waals surface area contributed by atoms with Crippen molar-refractivity contribution in [1.82, 2.24) is 9.55 Å². The number of thiazole rings is 1. The van der Waals surface area contributed by atoms with Gasteiger partial charge in [0, 0.05) is 30.3 Å². The summed E-state index contributed by atoms with van der Waals surface area (Å²) in [5.74, 6) is -1.10. The molecule has 8 heteroatoms. The van der Waals surface area contributed by atoms with Crippen LogP contribution < -0.4 is 0 Å². The Morgan fingerprint density at radius 2 is 1.90 bits per heavy atom. The van der Waals surface area contributed by atoms with Gasteiger partial charge in [0.15, 0.2) is 3.95 Å². The van der Waals surface area contributed by atoms with Crippen molar-refractivity contribution in [2.45, 2.75) is 25.8 Å². The molecule has 0 saturated carbocycles. The molecular formula is C22H19FN2O3S2. The predicted molar refractivity (Wildman–Crippen MR) is 118 cm³/mol. The molecule has 4 rings (SSSR count). The predicted octanol–water partition coefficient (Wildman–Crippen LogP) is 5.73. The number of aromatic nitrogens is 2. The van der Waals surface area contributed by atoms with E-state index in [1.807, 2.05) is 24.3 Å². The smallest absolute Gasteiger partial charge is 0.303 e. The molecule has 5 nitrogen and oxygen atoms in total. The Balaban J connectivity index is 1.74. The van der Waals surface area contributed by atoms with Crippen LogP contribution in [0, 0.1) is 9.77 Å². The number of aliphatic carboxylic acids is 1. The van der Waals surface area contributed by atoms with Crippen LogP contribution in [0.2, 0.25) is 0 Å². The summed E-state index contributed by atoms with van der Waals surface area (Å²) in [6.45, 7) is 0.353. The normalized spacial score (nSPS) is 11.2. The lowest BCUT2D eigenvalue weighted by Gasteiger charge is -2.06. The highest BCUT2D eigenvalue weighted by Crippen LogP contribution is 2.36. The van der Waals surface area contributed by atoms with Gasteiger partial charge in [-0.1, -0.05) is 18.2 Å². The molecule has 0 aliphatic carbocycles. The first-order valence-electron chi connectivity index (χ1n) is 9.43. The maximum atomic E-state index is 13.4. The van der Waals surface area contributed by atoms with E-state index >= 15 is 0 Å². The molecule has 154 valence electrons. The molecule has 0 fully saturated rings. The number of carboxylic acids is 1. The number of hydrogen-bond donors (Lipinski definition) is 3. The Bertz CT molecular complexity index is 1270. The van der Waals surface area contributed by atoms with Crippen LogP contribution in [-0.4, -0.2) is 25.7 Å². The Hall–Kier alpha value is -2.97. The number of hydrogen-bond acceptors (Lipinski definition) is 4. The van der Waals surface area contributed by atoms with Gasteiger partial charge in [0.25, 0.3) is 0 Å². The van der Waals surface area contributed by atoms with E-state index in [-0.39, 0.29) is 18.1 Å². The lowest BCUT2D eigenvalue weighted by Crippen LogP contribution is -2.02. The molecule has 0 bridgehead atoms. The Kier molecular flexibility index (Phi) is 5.69. The van der Waals surface area contributed by atoms with Crippen molar-refractivity contribution in [1.29, 1.82) is 0 Å². The standard InChI is InChI=1S/C22H19FN2O3S2/c23-14-9-7-13(8-10-14)20-16(15-4-1-2-5-17(15)24-20)12-18-21(28)25(22(29)30-18)11-3-6-19(26)27/h1-2,4-5,7-10,24,28H,3,6,11-12H2,(H,26,27). The number of halogens is 1. The third-order valence-corrected chi connectivity index (χ3v) is 6.43. The number of H-pyrrole nitrogens is 1. The lowest BCUT2D eigenvalue weighted by molar-refractivity contribution is -0.137. The third kappa shape index (κ3) is 4.01. The summed E-state index contributed by atoms with van der Waals surface area (Å²) >= 11 is 6.72. The van der Waals surface area contributed by atoms with Crippen LogP contribution in [0.4, 0.5) is 4.39 Å². The average molecular weight is 443 g/mol. The number of rotatable bonds is 7. The summed E-state index contributed by atoms with van der Waals surface area (Å²) < 4.78 is 15.5. The number of para-hydroxylation sites is 1. The summed E-state index contributed by atoms with van der Waals surface area (Å²) in [6.07, 6.45) is 0.855. The van der Waals surface area contributed by atoms with Gasteiger partial charge in [-0.05, 0) is 60.1 Å². The molecular weight excluding hydrogens is 423 g/mol. The quantitative estimate of drug-likeness (QED) is 0.320. The van der Waals surface area contributed by atoms with Crippen molar-refractivity contribution in [3.8, 4) is 17.1 Å². The third-order valence-electron chi connectivity index (χ3n) is 4.99. The highest BCUT2D eigenvalue weighted by atomic mass is 32.1. The highest BCUT2D eigenvalue weighted by molar-refractivity contribution is 7.73. The first kappa shape index (κ1) is 20.3. The number of fused-ring (bicyclic) bond motifs is 1. The summed E-state index contributed by atoms with van der Waals surface area (Å²) in [5, 5.41) is 20.6. The maximum Gasteiger partial charge on any atom is 0.303 e. The minimum atomic E-state index is -0.876. The fraction of sp³-hybridized carbons (Fsp3) is 0.182. The highest BCUT2D eigenvalue weighted by Gasteiger charge is 2.18. The van der Waals surface area contributed by atoms with Gasteiger partial charge in [-0.2, -0.15) is 0 Å². The second-order valence-corrected chi connectivity index (χ2v) is 8.70. The largest absolute Gasteiger partial charge is 0.494 e. The van der Waals surface area contributed by atoms with Crippen LogP contribution in [0.1, 0.15) is 23.3 Å². The molecule has 0 aliphatic rings. The van der Waals surface area contributed by atoms with Crippen LogP contribution in [0.5, 0.6) is 5.88 Å². The molecule has 0 saturated heterocycles. The second-order valence-electron chi connectivity index (χ2n) is 6.97. The molecule has 3 N–H and O–H groups in total. The maximum absolute atomic E-state index is 13.4. The van der Waals surface area contributed by atoms with E-state index in [0.29, 0.717) is 28.2 Å². The van der Waals surface area contributed by atoms with E-state index in [4.69, 9.17) is 17.3 Å². The molecule has 0 unspecified atom stereocenters. The van der Waals surface area contributed by atoms with Gasteiger partial charge in [0.2, 0.25) is 5.88 Å². The molecule has 2 aromatic carbocycles. The molecule has 0 radical (unpaired) electrons. The number of carboxylic acid groups (broad SMARTS) is 1. The van der Waals surface area contributed by atoms with Gasteiger partial charge in [-0.15, -0.1) is 11.3 Å². The summed E-state index contributed by atoms with van der Waals surface area (Å²) in [5.41, 5.74) is 3.66. The van der Waals surface area contributed by atoms with Gasteiger partial charge in [0.05, 0.1) is 10.6 Å². The summed E-state index contributed by atoms with van der Waals surface area (Å²) in [4.78, 5) is 14.9. The molecule has 4 aromatic rings. The fourth-order valence-electron chi connectivity index (χ4n) is 3.55. The number of benzene rings is 2. The summed E-state index contributed by atoms with van der Waals surface area (Å²) in [6, 6.07) is 14.2. The first-order valence-corrected chi connectivity index (χ1v) is 10.7. The van der Waals surface area contributed by atoms with Crippen LogP contribution >= 0.6 is 23.6 Å². The van der Waals surface area contributed by atoms with Crippen LogP contribution in [0.15, 0.2) is 48.5 Å². The number of nitrogens with zero attached hydrogens (tertiary/aromatic N) is 1. The molecule has 0 spiro atoms. The molecule has 2 aromatic heterocycles. The van der Waals surface area contributed by atoms with Gasteiger partial charge in [-0.3, -0.25) is 9.36 Å². The number of aromatic hydroxyl groups is 1. The molecule has 0 atom stereocenters. The lowest BCUT2D eigenvalue weighted by atomic mass is 10.0. The molecule has 0 aliphatic heterocycles. The summed E-state index contributed by atoms with van der Waals surface area (Å²) in [7, 11) is 0.